The first-order valence-electron chi connectivity index (χ1n) is 9.75. The van der Waals surface area contributed by atoms with Crippen LogP contribution in [-0.2, 0) is 20.4 Å². The van der Waals surface area contributed by atoms with Gasteiger partial charge in [0, 0.05) is 0 Å². The van der Waals surface area contributed by atoms with Crippen LogP contribution in [0.25, 0.3) is 5.57 Å². The average Bonchev–Trinajstić information content (AvgIpc) is 2.70. The molecule has 8 heteroatoms. The summed E-state index contributed by atoms with van der Waals surface area (Å²) < 4.78 is 49.4. The van der Waals surface area contributed by atoms with Crippen molar-refractivity contribution in [2.45, 2.75) is 44.8 Å². The lowest BCUT2D eigenvalue weighted by Crippen LogP contribution is -2.53. The number of amides is 1. The van der Waals surface area contributed by atoms with E-state index >= 15 is 0 Å². The monoisotopic (exact) mass is 425 g/mol. The van der Waals surface area contributed by atoms with Gasteiger partial charge in [-0.25, -0.2) is 4.79 Å². The number of nitrogens with zero attached hydrogens (tertiary/aromatic N) is 1. The summed E-state index contributed by atoms with van der Waals surface area (Å²) in [6, 6.07) is 4.18. The summed E-state index contributed by atoms with van der Waals surface area (Å²) in [6.07, 6.45) is -1.59. The van der Waals surface area contributed by atoms with Crippen molar-refractivity contribution < 1.29 is 32.2 Å². The number of halogens is 3. The van der Waals surface area contributed by atoms with Gasteiger partial charge in [0.25, 0.3) is 0 Å². The average molecular weight is 425 g/mol. The van der Waals surface area contributed by atoms with E-state index in [9.17, 15) is 22.8 Å². The molecule has 0 N–H and O–H groups in total. The van der Waals surface area contributed by atoms with Crippen LogP contribution in [-0.4, -0.2) is 36.3 Å². The highest BCUT2D eigenvalue weighted by Crippen LogP contribution is 2.34. The molecule has 0 spiro atoms. The number of allylic oxidation sites excluding steroid dienone is 1. The first-order valence-corrected chi connectivity index (χ1v) is 9.75. The van der Waals surface area contributed by atoms with Gasteiger partial charge < -0.3 is 9.47 Å². The summed E-state index contributed by atoms with van der Waals surface area (Å²) in [5, 5.41) is 0. The molecule has 0 bridgehead atoms. The molecule has 1 saturated heterocycles. The van der Waals surface area contributed by atoms with Gasteiger partial charge in [0.2, 0.25) is 0 Å². The van der Waals surface area contributed by atoms with Crippen LogP contribution in [0.3, 0.4) is 0 Å². The number of alkyl halides is 3. The molecule has 30 heavy (non-hydrogen) atoms. The zero-order chi connectivity index (χ0) is 22.3. The van der Waals surface area contributed by atoms with E-state index in [1.807, 2.05) is 6.92 Å². The summed E-state index contributed by atoms with van der Waals surface area (Å²) in [7, 11) is 0. The summed E-state index contributed by atoms with van der Waals surface area (Å²) in [5.41, 5.74) is -0.174. The molecule has 0 saturated carbocycles. The quantitative estimate of drug-likeness (QED) is 0.317. The van der Waals surface area contributed by atoms with E-state index in [0.29, 0.717) is 18.4 Å². The molecule has 1 fully saturated rings. The summed E-state index contributed by atoms with van der Waals surface area (Å²) in [5.74, 6) is -1.33. The molecule has 0 aliphatic carbocycles. The maximum absolute atomic E-state index is 13.0. The van der Waals surface area contributed by atoms with Gasteiger partial charge in [0.15, 0.2) is 6.73 Å². The van der Waals surface area contributed by atoms with Crippen LogP contribution in [0.1, 0.15) is 43.7 Å². The van der Waals surface area contributed by atoms with Crippen LogP contribution in [0.2, 0.25) is 0 Å². The van der Waals surface area contributed by atoms with E-state index in [1.54, 1.807) is 6.08 Å². The lowest BCUT2D eigenvalue weighted by molar-refractivity contribution is -0.166. The second kappa shape index (κ2) is 10.3. The molecule has 1 aromatic carbocycles. The minimum atomic E-state index is -4.48. The number of hydrogen-bond donors (Lipinski definition) is 0. The zero-order valence-electron chi connectivity index (χ0n) is 16.9. The highest BCUT2D eigenvalue weighted by atomic mass is 19.4. The minimum absolute atomic E-state index is 0.0391. The number of cyclic esters (lactones) is 1. The standard InChI is InChI=1S/C22H26F3NO4/c1-4-6-11-29-21(28)26-14-30-20(27)18(19(26)8-5-2)12-15(3)16-9-7-10-17(13-16)22(23,24)25/h5,7,9-10,13,18-19H,2-4,6,8,11-12,14H2,1H3. The molecule has 164 valence electrons. The third kappa shape index (κ3) is 5.87. The Kier molecular flexibility index (Phi) is 8.08. The lowest BCUT2D eigenvalue weighted by Gasteiger charge is -2.39. The number of rotatable bonds is 8. The van der Waals surface area contributed by atoms with Gasteiger partial charge in [0.1, 0.15) is 0 Å². The van der Waals surface area contributed by atoms with Gasteiger partial charge in [-0.05, 0) is 42.5 Å². The number of benzene rings is 1. The van der Waals surface area contributed by atoms with Crippen LogP contribution in [0.5, 0.6) is 0 Å². The lowest BCUT2D eigenvalue weighted by atomic mass is 9.86. The number of unbranched alkanes of at least 4 members (excludes halogenated alkanes) is 1. The largest absolute Gasteiger partial charge is 0.449 e. The maximum atomic E-state index is 13.0. The van der Waals surface area contributed by atoms with Crippen molar-refractivity contribution >= 4 is 17.6 Å². The third-order valence-corrected chi connectivity index (χ3v) is 4.94. The smallest absolute Gasteiger partial charge is 0.416 e. The van der Waals surface area contributed by atoms with Crippen molar-refractivity contribution in [2.24, 2.45) is 5.92 Å². The van der Waals surface area contributed by atoms with E-state index in [0.717, 1.165) is 18.6 Å². The summed E-state index contributed by atoms with van der Waals surface area (Å²) >= 11 is 0. The Balaban J connectivity index is 2.20. The first-order chi connectivity index (χ1) is 14.2. The number of hydrogen-bond acceptors (Lipinski definition) is 4. The van der Waals surface area contributed by atoms with Gasteiger partial charge in [-0.1, -0.05) is 38.1 Å². The molecule has 5 nitrogen and oxygen atoms in total. The Hall–Kier alpha value is -2.77. The molecule has 0 radical (unpaired) electrons. The van der Waals surface area contributed by atoms with Crippen LogP contribution in [0.4, 0.5) is 18.0 Å². The molecule has 1 aliphatic rings. The van der Waals surface area contributed by atoms with Gasteiger partial charge in [0.05, 0.1) is 24.1 Å². The molecule has 1 amide bonds. The van der Waals surface area contributed by atoms with E-state index in [-0.39, 0.29) is 25.3 Å². The van der Waals surface area contributed by atoms with E-state index in [2.05, 4.69) is 13.2 Å². The number of ether oxygens (including phenoxy) is 2. The second-order valence-electron chi connectivity index (χ2n) is 7.11. The zero-order valence-corrected chi connectivity index (χ0v) is 16.9. The van der Waals surface area contributed by atoms with Crippen molar-refractivity contribution in [1.29, 1.82) is 0 Å². The predicted octanol–water partition coefficient (Wildman–Crippen LogP) is 5.42. The maximum Gasteiger partial charge on any atom is 0.416 e. The van der Waals surface area contributed by atoms with Gasteiger partial charge in [-0.3, -0.25) is 9.69 Å². The highest BCUT2D eigenvalue weighted by molar-refractivity contribution is 5.80. The molecule has 2 atom stereocenters. The Morgan fingerprint density at radius 1 is 1.40 bits per heavy atom. The number of carbonyl (C=O) groups excluding carboxylic acids is 2. The van der Waals surface area contributed by atoms with Gasteiger partial charge >= 0.3 is 18.2 Å². The van der Waals surface area contributed by atoms with Crippen molar-refractivity contribution in [2.75, 3.05) is 13.3 Å². The number of esters is 1. The fourth-order valence-electron chi connectivity index (χ4n) is 3.27. The van der Waals surface area contributed by atoms with Gasteiger partial charge in [-0.15, -0.1) is 6.58 Å². The van der Waals surface area contributed by atoms with Crippen LogP contribution < -0.4 is 0 Å². The van der Waals surface area contributed by atoms with Crippen molar-refractivity contribution in [3.05, 3.63) is 54.6 Å². The molecular formula is C22H26F3NO4. The van der Waals surface area contributed by atoms with E-state index in [1.165, 1.54) is 17.0 Å². The van der Waals surface area contributed by atoms with Crippen molar-refractivity contribution in [3.8, 4) is 0 Å². The SMILES string of the molecule is C=CCC1C(CC(=C)c2cccc(C(F)(F)F)c2)C(=O)OCN1C(=O)OCCCC. The second-order valence-corrected chi connectivity index (χ2v) is 7.11. The minimum Gasteiger partial charge on any atom is -0.449 e. The van der Waals surface area contributed by atoms with Gasteiger partial charge in [-0.2, -0.15) is 13.2 Å². The third-order valence-electron chi connectivity index (χ3n) is 4.94. The fraction of sp³-hybridized carbons (Fsp3) is 0.455. The number of carbonyl (C=O) groups is 2. The molecular weight excluding hydrogens is 399 g/mol. The molecule has 1 aromatic rings. The molecule has 1 aliphatic heterocycles. The van der Waals surface area contributed by atoms with Crippen molar-refractivity contribution in [3.63, 3.8) is 0 Å². The summed E-state index contributed by atoms with van der Waals surface area (Å²) in [4.78, 5) is 26.2. The van der Waals surface area contributed by atoms with Crippen LogP contribution in [0.15, 0.2) is 43.5 Å². The molecule has 2 rings (SSSR count). The van der Waals surface area contributed by atoms with E-state index < -0.39 is 35.8 Å². The Morgan fingerprint density at radius 3 is 2.77 bits per heavy atom. The highest BCUT2D eigenvalue weighted by Gasteiger charge is 2.41. The Labute approximate surface area is 174 Å². The summed E-state index contributed by atoms with van der Waals surface area (Å²) in [6.45, 7) is 9.52. The fourth-order valence-corrected chi connectivity index (χ4v) is 3.27. The molecule has 1 heterocycles. The van der Waals surface area contributed by atoms with Crippen LogP contribution >= 0.6 is 0 Å². The van der Waals surface area contributed by atoms with Crippen molar-refractivity contribution in [1.82, 2.24) is 4.90 Å². The topological polar surface area (TPSA) is 55.8 Å². The Bertz CT molecular complexity index is 791. The molecule has 2 unspecified atom stereocenters. The van der Waals surface area contributed by atoms with Crippen LogP contribution in [0, 0.1) is 5.92 Å². The predicted molar refractivity (Wildman–Crippen MR) is 106 cm³/mol. The Morgan fingerprint density at radius 2 is 2.13 bits per heavy atom. The molecule has 0 aromatic heterocycles. The van der Waals surface area contributed by atoms with E-state index in [4.69, 9.17) is 9.47 Å². The first kappa shape index (κ1) is 23.5. The normalized spacial score (nSPS) is 19.2.